The highest BCUT2D eigenvalue weighted by Crippen LogP contribution is 2.37. The molecule has 240 valence electrons. The molecular weight excluding hydrogens is 596 g/mol. The Bertz CT molecular complexity index is 1460. The lowest BCUT2D eigenvalue weighted by molar-refractivity contribution is -0.492. The average molecular weight is 635 g/mol. The Labute approximate surface area is 256 Å². The first-order valence-electron chi connectivity index (χ1n) is 13.8. The molecule has 0 radical (unpaired) electrons. The van der Waals surface area contributed by atoms with E-state index in [2.05, 4.69) is 19.5 Å². The third kappa shape index (κ3) is 10.9. The largest absolute Gasteiger partial charge is 0.497 e. The number of rotatable bonds is 17. The fraction of sp³-hybridized carbons (Fsp3) is 0.414. The minimum atomic E-state index is -4.08. The fourth-order valence-electron chi connectivity index (χ4n) is 3.79. The van der Waals surface area contributed by atoms with Crippen molar-refractivity contribution in [3.05, 3.63) is 60.4 Å². The summed E-state index contributed by atoms with van der Waals surface area (Å²) in [5.74, 6) is 0.0219. The molecule has 15 heteroatoms. The van der Waals surface area contributed by atoms with Gasteiger partial charge in [0.2, 0.25) is 5.75 Å². The zero-order chi connectivity index (χ0) is 32.2. The summed E-state index contributed by atoms with van der Waals surface area (Å²) in [5, 5.41) is 16.6. The summed E-state index contributed by atoms with van der Waals surface area (Å²) < 4.78 is 51.3. The van der Waals surface area contributed by atoms with Crippen LogP contribution in [-0.2, 0) is 29.8 Å². The van der Waals surface area contributed by atoms with Gasteiger partial charge in [0.25, 0.3) is 15.9 Å². The van der Waals surface area contributed by atoms with Gasteiger partial charge in [0.1, 0.15) is 31.0 Å². The lowest BCUT2D eigenvalue weighted by Gasteiger charge is -2.19. The molecule has 0 aliphatic carbocycles. The zero-order valence-corrected chi connectivity index (χ0v) is 25.9. The van der Waals surface area contributed by atoms with Gasteiger partial charge in [-0.15, -0.1) is 0 Å². The van der Waals surface area contributed by atoms with Gasteiger partial charge in [-0.3, -0.25) is 24.8 Å². The highest BCUT2D eigenvalue weighted by molar-refractivity contribution is 7.92. The number of unbranched alkanes of at least 4 members (excludes halogenated alkanes) is 2. The Hall–Kier alpha value is -4.02. The Morgan fingerprint density at radius 3 is 2.36 bits per heavy atom. The first-order chi connectivity index (χ1) is 20.9. The lowest BCUT2D eigenvalue weighted by atomic mass is 9.87. The second-order valence-electron chi connectivity index (χ2n) is 10.5. The molecule has 0 amide bonds. The summed E-state index contributed by atoms with van der Waals surface area (Å²) in [4.78, 5) is 24.7. The van der Waals surface area contributed by atoms with Crippen LogP contribution in [0.5, 0.6) is 23.1 Å². The molecule has 0 aliphatic rings. The van der Waals surface area contributed by atoms with Crippen LogP contribution >= 0.6 is 0 Å². The monoisotopic (exact) mass is 634 g/mol. The van der Waals surface area contributed by atoms with E-state index in [0.717, 1.165) is 11.9 Å². The van der Waals surface area contributed by atoms with Crippen molar-refractivity contribution in [1.82, 2.24) is 15.4 Å². The molecule has 0 atom stereocenters. The molecule has 0 saturated carbocycles. The van der Waals surface area contributed by atoms with Crippen LogP contribution in [0.4, 0.5) is 5.82 Å². The van der Waals surface area contributed by atoms with Crippen LogP contribution in [0.25, 0.3) is 0 Å². The number of sulfonamides is 1. The predicted molar refractivity (Wildman–Crippen MR) is 157 cm³/mol. The molecule has 1 aromatic heterocycles. The first-order valence-corrected chi connectivity index (χ1v) is 15.3. The van der Waals surface area contributed by atoms with Crippen molar-refractivity contribution in [2.75, 3.05) is 31.7 Å². The number of nitrogens with zero attached hydrogens (tertiary/aromatic N) is 3. The fourth-order valence-corrected chi connectivity index (χ4v) is 4.80. The summed E-state index contributed by atoms with van der Waals surface area (Å²) in [7, 11) is -2.58. The van der Waals surface area contributed by atoms with Gasteiger partial charge in [0, 0.05) is 12.5 Å². The molecule has 0 fully saturated rings. The van der Waals surface area contributed by atoms with Gasteiger partial charge >= 0.3 is 5.97 Å². The van der Waals surface area contributed by atoms with Crippen molar-refractivity contribution in [2.45, 2.75) is 56.8 Å². The van der Waals surface area contributed by atoms with Crippen molar-refractivity contribution in [2.24, 2.45) is 0 Å². The van der Waals surface area contributed by atoms with Crippen molar-refractivity contribution in [1.29, 1.82) is 0 Å². The van der Waals surface area contributed by atoms with E-state index in [1.54, 1.807) is 36.4 Å². The van der Waals surface area contributed by atoms with E-state index in [1.165, 1.54) is 19.2 Å². The van der Waals surface area contributed by atoms with Gasteiger partial charge in [-0.1, -0.05) is 45.4 Å². The molecule has 14 nitrogen and oxygen atoms in total. The zero-order valence-electron chi connectivity index (χ0n) is 25.1. The van der Waals surface area contributed by atoms with Crippen LogP contribution in [0.15, 0.2) is 59.8 Å². The summed E-state index contributed by atoms with van der Waals surface area (Å²) in [5.41, 5.74) is 0.823. The Morgan fingerprint density at radius 2 is 1.68 bits per heavy atom. The SMILES string of the molecule is COc1cccc(Oc2c(NS(=O)(=O)c3ccc(C(C)(C)C)cc3)ncnc2OCCOC(=O)CCCCCON(O)O)c1. The predicted octanol–water partition coefficient (Wildman–Crippen LogP) is 4.87. The normalized spacial score (nSPS) is 11.7. The van der Waals surface area contributed by atoms with Gasteiger partial charge < -0.3 is 18.9 Å². The summed E-state index contributed by atoms with van der Waals surface area (Å²) in [6.45, 7) is 5.99. The van der Waals surface area contributed by atoms with Crippen molar-refractivity contribution in [3.8, 4) is 23.1 Å². The molecule has 0 unspecified atom stereocenters. The highest BCUT2D eigenvalue weighted by Gasteiger charge is 2.23. The molecule has 0 spiro atoms. The van der Waals surface area contributed by atoms with Gasteiger partial charge in [0.05, 0.1) is 24.0 Å². The molecular formula is C29H38N4O10S. The van der Waals surface area contributed by atoms with Gasteiger partial charge in [0.15, 0.2) is 5.82 Å². The maximum atomic E-state index is 13.3. The van der Waals surface area contributed by atoms with Crippen molar-refractivity contribution < 1.29 is 47.4 Å². The maximum absolute atomic E-state index is 13.3. The number of aromatic nitrogens is 2. The third-order valence-corrected chi connectivity index (χ3v) is 7.47. The number of nitrogens with one attached hydrogen (secondary N) is 1. The second-order valence-corrected chi connectivity index (χ2v) is 12.2. The molecule has 2 aromatic carbocycles. The minimum absolute atomic E-state index is 0.0297. The van der Waals surface area contributed by atoms with E-state index in [-0.39, 0.29) is 59.4 Å². The number of esters is 1. The molecule has 44 heavy (non-hydrogen) atoms. The Kier molecular flexibility index (Phi) is 12.7. The number of hydrogen-bond acceptors (Lipinski definition) is 13. The van der Waals surface area contributed by atoms with Gasteiger partial charge in [-0.2, -0.15) is 4.98 Å². The third-order valence-electron chi connectivity index (χ3n) is 6.11. The van der Waals surface area contributed by atoms with Crippen LogP contribution in [0.1, 0.15) is 52.0 Å². The van der Waals surface area contributed by atoms with Gasteiger partial charge in [-0.25, -0.2) is 13.4 Å². The molecule has 0 saturated heterocycles. The number of hydrogen-bond donors (Lipinski definition) is 3. The Balaban J connectivity index is 1.71. The summed E-state index contributed by atoms with van der Waals surface area (Å²) in [6.07, 6.45) is 2.93. The molecule has 0 bridgehead atoms. The smallest absolute Gasteiger partial charge is 0.305 e. The summed E-state index contributed by atoms with van der Waals surface area (Å²) >= 11 is 0. The summed E-state index contributed by atoms with van der Waals surface area (Å²) in [6, 6.07) is 13.2. The van der Waals surface area contributed by atoms with E-state index in [1.807, 2.05) is 20.8 Å². The van der Waals surface area contributed by atoms with Crippen molar-refractivity contribution >= 4 is 21.8 Å². The van der Waals surface area contributed by atoms with E-state index >= 15 is 0 Å². The highest BCUT2D eigenvalue weighted by atomic mass is 32.2. The van der Waals surface area contributed by atoms with E-state index in [0.29, 0.717) is 30.8 Å². The van der Waals surface area contributed by atoms with Crippen LogP contribution < -0.4 is 18.9 Å². The lowest BCUT2D eigenvalue weighted by Crippen LogP contribution is -2.17. The van der Waals surface area contributed by atoms with Crippen LogP contribution in [-0.4, -0.2) is 67.1 Å². The molecule has 3 N–H and O–H groups in total. The van der Waals surface area contributed by atoms with Crippen LogP contribution in [0.3, 0.4) is 0 Å². The number of anilines is 1. The number of carbonyl (C=O) groups excluding carboxylic acids is 1. The number of benzene rings is 2. The standard InChI is InChI=1S/C29H38N4O10S/c1-29(2,3)21-12-14-24(15-13-21)44(37,38)32-27-26(43-23-10-8-9-22(19-23)39-4)28(31-20-30-27)41-18-17-40-25(34)11-6-5-7-16-42-33(35)36/h8-10,12-15,19-20,35-36H,5-7,11,16-18H2,1-4H3,(H,30,31,32). The minimum Gasteiger partial charge on any atom is -0.497 e. The number of carbonyl (C=O) groups is 1. The number of ether oxygens (including phenoxy) is 4. The van der Waals surface area contributed by atoms with E-state index < -0.39 is 16.0 Å². The van der Waals surface area contributed by atoms with E-state index in [9.17, 15) is 13.2 Å². The quantitative estimate of drug-likeness (QED) is 0.104. The van der Waals surface area contributed by atoms with Crippen molar-refractivity contribution in [3.63, 3.8) is 0 Å². The Morgan fingerprint density at radius 1 is 0.955 bits per heavy atom. The molecule has 0 aliphatic heterocycles. The second kappa shape index (κ2) is 16.2. The number of methoxy groups -OCH3 is 1. The maximum Gasteiger partial charge on any atom is 0.305 e. The molecule has 3 aromatic rings. The van der Waals surface area contributed by atoms with Gasteiger partial charge in [-0.05, 0) is 48.1 Å². The van der Waals surface area contributed by atoms with Crippen LogP contribution in [0.2, 0.25) is 0 Å². The first kappa shape index (κ1) is 34.5. The topological polar surface area (TPSA) is 179 Å². The molecule has 1 heterocycles. The van der Waals surface area contributed by atoms with E-state index in [4.69, 9.17) is 29.4 Å². The molecule has 3 rings (SSSR count). The average Bonchev–Trinajstić information content (AvgIpc) is 2.98. The van der Waals surface area contributed by atoms with Crippen LogP contribution in [0, 0.1) is 0 Å².